The van der Waals surface area contributed by atoms with Gasteiger partial charge in [0.2, 0.25) is 0 Å². The molecule has 1 amide bonds. The minimum atomic E-state index is 0.0472. The molecule has 0 radical (unpaired) electrons. The van der Waals surface area contributed by atoms with Gasteiger partial charge >= 0.3 is 0 Å². The number of hydrogen-bond donors (Lipinski definition) is 2. The highest BCUT2D eigenvalue weighted by atomic mass is 32.1. The molecule has 0 atom stereocenters. The van der Waals surface area contributed by atoms with Crippen molar-refractivity contribution in [3.8, 4) is 5.75 Å². The van der Waals surface area contributed by atoms with Gasteiger partial charge in [0.25, 0.3) is 5.91 Å². The first kappa shape index (κ1) is 16.2. The van der Waals surface area contributed by atoms with Gasteiger partial charge in [0.05, 0.1) is 6.21 Å². The molecule has 7 heteroatoms. The van der Waals surface area contributed by atoms with Crippen LogP contribution in [0.2, 0.25) is 0 Å². The van der Waals surface area contributed by atoms with Crippen LogP contribution in [0.4, 0.5) is 0 Å². The Balaban J connectivity index is 1.79. The van der Waals surface area contributed by atoms with Crippen LogP contribution in [0.25, 0.3) is 0 Å². The number of nitrogens with one attached hydrogen (secondary N) is 1. The number of ether oxygens (including phenoxy) is 1. The lowest BCUT2D eigenvalue weighted by atomic mass is 10.1. The van der Waals surface area contributed by atoms with Crippen LogP contribution in [0.3, 0.4) is 0 Å². The lowest BCUT2D eigenvalue weighted by Gasteiger charge is -2.26. The van der Waals surface area contributed by atoms with Crippen LogP contribution in [-0.2, 0) is 4.79 Å². The van der Waals surface area contributed by atoms with E-state index >= 15 is 0 Å². The average molecular weight is 320 g/mol. The van der Waals surface area contributed by atoms with Gasteiger partial charge in [0.1, 0.15) is 5.75 Å². The van der Waals surface area contributed by atoms with Gasteiger partial charge in [-0.3, -0.25) is 10.2 Å². The molecule has 0 aromatic heterocycles. The molecule has 22 heavy (non-hydrogen) atoms. The summed E-state index contributed by atoms with van der Waals surface area (Å²) in [6.45, 7) is 1.76. The van der Waals surface area contributed by atoms with Crippen molar-refractivity contribution >= 4 is 29.5 Å². The quantitative estimate of drug-likeness (QED) is 0.485. The Bertz CT molecular complexity index is 539. The molecule has 0 saturated carbocycles. The maximum atomic E-state index is 12.0. The van der Waals surface area contributed by atoms with Crippen LogP contribution in [0, 0.1) is 0 Å². The maximum Gasteiger partial charge on any atom is 0.260 e. The third-order valence-corrected chi connectivity index (χ3v) is 3.43. The van der Waals surface area contributed by atoms with Crippen molar-refractivity contribution in [2.24, 2.45) is 10.8 Å². The molecular formula is C15H20N4O2S. The van der Waals surface area contributed by atoms with Crippen LogP contribution in [-0.4, -0.2) is 41.8 Å². The van der Waals surface area contributed by atoms with E-state index in [0.717, 1.165) is 31.5 Å². The van der Waals surface area contributed by atoms with E-state index < -0.39 is 0 Å². The number of thiocarbonyl (C=S) groups is 1. The van der Waals surface area contributed by atoms with Crippen LogP contribution >= 0.6 is 12.2 Å². The molecule has 1 aromatic rings. The second-order valence-corrected chi connectivity index (χ2v) is 5.47. The summed E-state index contributed by atoms with van der Waals surface area (Å²) in [4.78, 5) is 13.9. The molecule has 0 spiro atoms. The third-order valence-electron chi connectivity index (χ3n) is 3.34. The van der Waals surface area contributed by atoms with Crippen LogP contribution in [0.15, 0.2) is 29.4 Å². The second kappa shape index (κ2) is 8.33. The van der Waals surface area contributed by atoms with Gasteiger partial charge < -0.3 is 15.4 Å². The summed E-state index contributed by atoms with van der Waals surface area (Å²) in [6.07, 6.45) is 4.97. The molecular weight excluding hydrogens is 300 g/mol. The molecule has 0 aliphatic carbocycles. The molecule has 0 bridgehead atoms. The number of hydrazone groups is 1. The topological polar surface area (TPSA) is 80.0 Å². The van der Waals surface area contributed by atoms with Gasteiger partial charge in [-0.25, -0.2) is 0 Å². The van der Waals surface area contributed by atoms with E-state index in [9.17, 15) is 4.79 Å². The standard InChI is InChI=1S/C15H20N4O2S/c16-15(22)18-17-10-12-4-6-13(7-5-12)21-11-14(20)19-8-2-1-3-9-19/h4-7,10H,1-3,8-9,11H2,(H3,16,18,22)/b17-10-. The van der Waals surface area contributed by atoms with Gasteiger partial charge in [-0.15, -0.1) is 0 Å². The molecule has 1 aromatic carbocycles. The second-order valence-electron chi connectivity index (χ2n) is 5.03. The normalized spacial score (nSPS) is 14.8. The smallest absolute Gasteiger partial charge is 0.260 e. The number of benzene rings is 1. The SMILES string of the molecule is NC(=S)N/N=C\c1ccc(OCC(=O)N2CCCCC2)cc1. The van der Waals surface area contributed by atoms with E-state index in [1.165, 1.54) is 6.42 Å². The predicted octanol–water partition coefficient (Wildman–Crippen LogP) is 1.24. The summed E-state index contributed by atoms with van der Waals surface area (Å²) < 4.78 is 5.53. The van der Waals surface area contributed by atoms with E-state index in [2.05, 4.69) is 22.7 Å². The van der Waals surface area contributed by atoms with Crippen molar-refractivity contribution in [1.82, 2.24) is 10.3 Å². The van der Waals surface area contributed by atoms with E-state index in [4.69, 9.17) is 10.5 Å². The summed E-state index contributed by atoms with van der Waals surface area (Å²) in [5, 5.41) is 3.98. The summed E-state index contributed by atoms with van der Waals surface area (Å²) in [5.41, 5.74) is 8.62. The first-order chi connectivity index (χ1) is 10.6. The monoisotopic (exact) mass is 320 g/mol. The predicted molar refractivity (Wildman–Crippen MR) is 89.9 cm³/mol. The fourth-order valence-corrected chi connectivity index (χ4v) is 2.25. The molecule has 118 valence electrons. The van der Waals surface area contributed by atoms with Crippen molar-refractivity contribution in [2.45, 2.75) is 19.3 Å². The molecule has 0 unspecified atom stereocenters. The first-order valence-electron chi connectivity index (χ1n) is 7.24. The molecule has 6 nitrogen and oxygen atoms in total. The highest BCUT2D eigenvalue weighted by Crippen LogP contribution is 2.13. The third kappa shape index (κ3) is 5.33. The van der Waals surface area contributed by atoms with Crippen LogP contribution in [0.5, 0.6) is 5.75 Å². The van der Waals surface area contributed by atoms with Gasteiger partial charge in [0, 0.05) is 13.1 Å². The zero-order valence-corrected chi connectivity index (χ0v) is 13.1. The highest BCUT2D eigenvalue weighted by molar-refractivity contribution is 7.80. The lowest BCUT2D eigenvalue weighted by Crippen LogP contribution is -2.38. The van der Waals surface area contributed by atoms with Crippen molar-refractivity contribution < 1.29 is 9.53 Å². The Kier molecular flexibility index (Phi) is 6.14. The van der Waals surface area contributed by atoms with E-state index in [-0.39, 0.29) is 17.6 Å². The van der Waals surface area contributed by atoms with Crippen molar-refractivity contribution in [2.75, 3.05) is 19.7 Å². The van der Waals surface area contributed by atoms with Gasteiger partial charge in [0.15, 0.2) is 11.7 Å². The zero-order chi connectivity index (χ0) is 15.8. The number of hydrogen-bond acceptors (Lipinski definition) is 4. The minimum Gasteiger partial charge on any atom is -0.484 e. The number of carbonyl (C=O) groups excluding carboxylic acids is 1. The highest BCUT2D eigenvalue weighted by Gasteiger charge is 2.16. The summed E-state index contributed by atoms with van der Waals surface area (Å²) >= 11 is 4.64. The number of amides is 1. The molecule has 3 N–H and O–H groups in total. The minimum absolute atomic E-state index is 0.0472. The largest absolute Gasteiger partial charge is 0.484 e. The Morgan fingerprint density at radius 3 is 2.64 bits per heavy atom. The summed E-state index contributed by atoms with van der Waals surface area (Å²) in [6, 6.07) is 7.27. The Hall–Kier alpha value is -2.15. The van der Waals surface area contributed by atoms with Crippen LogP contribution in [0.1, 0.15) is 24.8 Å². The van der Waals surface area contributed by atoms with E-state index in [1.54, 1.807) is 18.3 Å². The molecule has 1 aliphatic heterocycles. The van der Waals surface area contributed by atoms with Crippen molar-refractivity contribution in [3.05, 3.63) is 29.8 Å². The van der Waals surface area contributed by atoms with Gasteiger partial charge in [-0.2, -0.15) is 5.10 Å². The Labute approximate surface area is 135 Å². The van der Waals surface area contributed by atoms with Gasteiger partial charge in [-0.1, -0.05) is 0 Å². The van der Waals surface area contributed by atoms with Gasteiger partial charge in [-0.05, 0) is 61.3 Å². The number of piperidine rings is 1. The first-order valence-corrected chi connectivity index (χ1v) is 7.65. The van der Waals surface area contributed by atoms with E-state index in [0.29, 0.717) is 5.75 Å². The van der Waals surface area contributed by atoms with Crippen molar-refractivity contribution in [3.63, 3.8) is 0 Å². The Morgan fingerprint density at radius 1 is 1.32 bits per heavy atom. The maximum absolute atomic E-state index is 12.0. The molecule has 1 aliphatic rings. The molecule has 1 saturated heterocycles. The molecule has 1 fully saturated rings. The number of nitrogens with zero attached hydrogens (tertiary/aromatic N) is 2. The number of carbonyl (C=O) groups is 1. The van der Waals surface area contributed by atoms with Crippen LogP contribution < -0.4 is 15.9 Å². The van der Waals surface area contributed by atoms with E-state index in [1.807, 2.05) is 17.0 Å². The molecule has 2 rings (SSSR count). The summed E-state index contributed by atoms with van der Waals surface area (Å²) in [5.74, 6) is 0.704. The fraction of sp³-hybridized carbons (Fsp3) is 0.400. The average Bonchev–Trinajstić information content (AvgIpc) is 2.54. The molecule has 1 heterocycles. The van der Waals surface area contributed by atoms with Crippen molar-refractivity contribution in [1.29, 1.82) is 0 Å². The number of rotatable bonds is 5. The number of likely N-dealkylation sites (tertiary alicyclic amines) is 1. The number of nitrogens with two attached hydrogens (primary N) is 1. The fourth-order valence-electron chi connectivity index (χ4n) is 2.20. The Morgan fingerprint density at radius 2 is 2.00 bits per heavy atom. The zero-order valence-electron chi connectivity index (χ0n) is 12.3. The lowest BCUT2D eigenvalue weighted by molar-refractivity contribution is -0.134. The summed E-state index contributed by atoms with van der Waals surface area (Å²) in [7, 11) is 0.